The lowest BCUT2D eigenvalue weighted by atomic mass is 9.97. The molecule has 0 atom stereocenters. The van der Waals surface area contributed by atoms with Gasteiger partial charge in [0.1, 0.15) is 0 Å². The van der Waals surface area contributed by atoms with Crippen LogP contribution in [0.4, 0.5) is 0 Å². The zero-order valence-electron chi connectivity index (χ0n) is 11.9. The summed E-state index contributed by atoms with van der Waals surface area (Å²) in [7, 11) is 1.42. The van der Waals surface area contributed by atoms with E-state index in [0.29, 0.717) is 5.56 Å². The van der Waals surface area contributed by atoms with Gasteiger partial charge in [0.05, 0.1) is 13.0 Å². The van der Waals surface area contributed by atoms with Crippen molar-refractivity contribution in [3.8, 4) is 0 Å². The van der Waals surface area contributed by atoms with Crippen LogP contribution in [-0.2, 0) is 16.1 Å². The molecule has 1 aromatic carbocycles. The average molecular weight is 273 g/mol. The summed E-state index contributed by atoms with van der Waals surface area (Å²) < 4.78 is 4.72. The molecule has 2 rings (SSSR count). The van der Waals surface area contributed by atoms with Gasteiger partial charge in [-0.2, -0.15) is 0 Å². The number of ether oxygens (including phenoxy) is 1. The minimum absolute atomic E-state index is 0.0105. The fraction of sp³-hybridized carbons (Fsp3) is 0.375. The van der Waals surface area contributed by atoms with E-state index in [0.717, 1.165) is 30.8 Å². The summed E-state index contributed by atoms with van der Waals surface area (Å²) in [6.45, 7) is 7.55. The highest BCUT2D eigenvalue weighted by atomic mass is 16.5. The molecular weight excluding hydrogens is 254 g/mol. The predicted molar refractivity (Wildman–Crippen MR) is 77.3 cm³/mol. The van der Waals surface area contributed by atoms with Gasteiger partial charge in [-0.1, -0.05) is 24.8 Å². The normalized spacial score (nSPS) is 15.5. The molecule has 0 bridgehead atoms. The summed E-state index contributed by atoms with van der Waals surface area (Å²) in [5.41, 5.74) is 2.78. The van der Waals surface area contributed by atoms with Crippen molar-refractivity contribution in [3.05, 3.63) is 41.5 Å². The molecule has 1 fully saturated rings. The van der Waals surface area contributed by atoms with Crippen molar-refractivity contribution in [2.24, 2.45) is 5.92 Å². The van der Waals surface area contributed by atoms with Crippen molar-refractivity contribution < 1.29 is 14.3 Å². The predicted octanol–water partition coefficient (Wildman–Crippen LogP) is 2.14. The number of likely N-dealkylation sites (tertiary alicyclic amines) is 1. The first-order valence-corrected chi connectivity index (χ1v) is 6.61. The van der Waals surface area contributed by atoms with Crippen molar-refractivity contribution >= 4 is 17.8 Å². The first kappa shape index (κ1) is 14.5. The fourth-order valence-corrected chi connectivity index (χ4v) is 2.40. The molecule has 0 aromatic heterocycles. The van der Waals surface area contributed by atoms with Crippen LogP contribution < -0.4 is 0 Å². The van der Waals surface area contributed by atoms with E-state index in [2.05, 4.69) is 11.5 Å². The Morgan fingerprint density at radius 3 is 2.70 bits per heavy atom. The van der Waals surface area contributed by atoms with Crippen LogP contribution in [0.15, 0.2) is 24.8 Å². The molecule has 0 spiro atoms. The fourth-order valence-electron chi connectivity index (χ4n) is 2.40. The zero-order valence-corrected chi connectivity index (χ0v) is 11.9. The molecule has 1 aliphatic rings. The summed E-state index contributed by atoms with van der Waals surface area (Å²) in [5.74, 6) is -0.102. The van der Waals surface area contributed by atoms with E-state index in [1.807, 2.05) is 18.2 Å². The molecule has 4 heteroatoms. The van der Waals surface area contributed by atoms with E-state index < -0.39 is 0 Å². The minimum atomic E-state index is -0.142. The molecule has 0 radical (unpaired) electrons. The maximum absolute atomic E-state index is 11.4. The van der Waals surface area contributed by atoms with Gasteiger partial charge in [0.25, 0.3) is 0 Å². The Labute approximate surface area is 119 Å². The Bertz CT molecular complexity index is 545. The van der Waals surface area contributed by atoms with Gasteiger partial charge in [-0.05, 0) is 24.1 Å². The number of hydrogen-bond acceptors (Lipinski definition) is 4. The number of benzene rings is 1. The average Bonchev–Trinajstić information content (AvgIpc) is 2.41. The van der Waals surface area contributed by atoms with Crippen molar-refractivity contribution in [1.29, 1.82) is 0 Å². The van der Waals surface area contributed by atoms with Crippen LogP contribution in [0.3, 0.4) is 0 Å². The van der Waals surface area contributed by atoms with Gasteiger partial charge < -0.3 is 4.74 Å². The highest BCUT2D eigenvalue weighted by Gasteiger charge is 2.33. The van der Waals surface area contributed by atoms with Crippen LogP contribution in [-0.4, -0.2) is 36.9 Å². The second-order valence-electron chi connectivity index (χ2n) is 5.09. The van der Waals surface area contributed by atoms with Gasteiger partial charge in [0, 0.05) is 25.2 Å². The molecule has 106 valence electrons. The van der Waals surface area contributed by atoms with Crippen LogP contribution >= 0.6 is 0 Å². The number of rotatable bonds is 5. The smallest absolute Gasteiger partial charge is 0.311 e. The topological polar surface area (TPSA) is 46.6 Å². The van der Waals surface area contributed by atoms with E-state index >= 15 is 0 Å². The Morgan fingerprint density at radius 2 is 2.15 bits per heavy atom. The summed E-state index contributed by atoms with van der Waals surface area (Å²) in [4.78, 5) is 24.9. The number of methoxy groups -OCH3 is 1. The van der Waals surface area contributed by atoms with E-state index in [-0.39, 0.29) is 17.7 Å². The Kier molecular flexibility index (Phi) is 4.35. The van der Waals surface area contributed by atoms with Crippen molar-refractivity contribution in [2.45, 2.75) is 13.5 Å². The number of carbonyl (C=O) groups excluding carboxylic acids is 2. The number of nitrogens with zero attached hydrogens (tertiary/aromatic N) is 1. The van der Waals surface area contributed by atoms with E-state index in [9.17, 15) is 9.59 Å². The molecule has 0 N–H and O–H groups in total. The number of ketones is 1. The zero-order chi connectivity index (χ0) is 14.7. The third kappa shape index (κ3) is 2.96. The monoisotopic (exact) mass is 273 g/mol. The van der Waals surface area contributed by atoms with Crippen molar-refractivity contribution in [1.82, 2.24) is 4.90 Å². The largest absolute Gasteiger partial charge is 0.469 e. The molecule has 0 aliphatic carbocycles. The number of esters is 1. The molecule has 0 saturated carbocycles. The van der Waals surface area contributed by atoms with Gasteiger partial charge in [-0.25, -0.2) is 0 Å². The molecule has 0 unspecified atom stereocenters. The van der Waals surface area contributed by atoms with Gasteiger partial charge in [0.15, 0.2) is 5.78 Å². The third-order valence-corrected chi connectivity index (χ3v) is 3.66. The maximum Gasteiger partial charge on any atom is 0.311 e. The van der Waals surface area contributed by atoms with Gasteiger partial charge >= 0.3 is 5.97 Å². The van der Waals surface area contributed by atoms with E-state index in [1.54, 1.807) is 13.0 Å². The molecule has 1 saturated heterocycles. The van der Waals surface area contributed by atoms with Gasteiger partial charge in [-0.15, -0.1) is 0 Å². The second-order valence-corrected chi connectivity index (χ2v) is 5.09. The first-order valence-electron chi connectivity index (χ1n) is 6.61. The van der Waals surface area contributed by atoms with Gasteiger partial charge in [-0.3, -0.25) is 14.5 Å². The molecule has 1 heterocycles. The summed E-state index contributed by atoms with van der Waals surface area (Å²) in [6, 6.07) is 5.66. The Balaban J connectivity index is 2.02. The summed E-state index contributed by atoms with van der Waals surface area (Å²) in [6.07, 6.45) is 1.76. The lowest BCUT2D eigenvalue weighted by Crippen LogP contribution is -2.50. The minimum Gasteiger partial charge on any atom is -0.469 e. The summed E-state index contributed by atoms with van der Waals surface area (Å²) >= 11 is 0. The number of hydrogen-bond donors (Lipinski definition) is 0. The van der Waals surface area contributed by atoms with E-state index in [1.165, 1.54) is 7.11 Å². The number of carbonyl (C=O) groups is 2. The second kappa shape index (κ2) is 6.01. The van der Waals surface area contributed by atoms with Crippen LogP contribution in [0.5, 0.6) is 0 Å². The third-order valence-electron chi connectivity index (χ3n) is 3.66. The molecular formula is C16H19NO3. The quantitative estimate of drug-likeness (QED) is 0.609. The first-order chi connectivity index (χ1) is 9.55. The summed E-state index contributed by atoms with van der Waals surface area (Å²) in [5, 5.41) is 0. The molecule has 1 aliphatic heterocycles. The van der Waals surface area contributed by atoms with Gasteiger partial charge in [0.2, 0.25) is 0 Å². The lowest BCUT2D eigenvalue weighted by Gasteiger charge is -2.37. The van der Waals surface area contributed by atoms with Crippen LogP contribution in [0.2, 0.25) is 0 Å². The highest BCUT2D eigenvalue weighted by molar-refractivity contribution is 5.94. The molecule has 4 nitrogen and oxygen atoms in total. The maximum atomic E-state index is 11.4. The highest BCUT2D eigenvalue weighted by Crippen LogP contribution is 2.22. The Hall–Kier alpha value is -1.94. The molecule has 1 aromatic rings. The molecule has 0 amide bonds. The molecule has 20 heavy (non-hydrogen) atoms. The standard InChI is InChI=1S/C16H19NO3/c1-4-12-7-13(11(2)18)5-6-14(12)8-17-9-15(10-17)16(19)20-3/h4-7,15H,1,8-10H2,2-3H3. The Morgan fingerprint density at radius 1 is 1.45 bits per heavy atom. The van der Waals surface area contributed by atoms with Crippen LogP contribution in [0.1, 0.15) is 28.4 Å². The van der Waals surface area contributed by atoms with Crippen LogP contribution in [0.25, 0.3) is 6.08 Å². The SMILES string of the molecule is C=Cc1cc(C(C)=O)ccc1CN1CC(C(=O)OC)C1. The van der Waals surface area contributed by atoms with Crippen molar-refractivity contribution in [3.63, 3.8) is 0 Å². The van der Waals surface area contributed by atoms with Crippen molar-refractivity contribution in [2.75, 3.05) is 20.2 Å². The lowest BCUT2D eigenvalue weighted by molar-refractivity contribution is -0.151. The van der Waals surface area contributed by atoms with Crippen LogP contribution in [0, 0.1) is 5.92 Å². The van der Waals surface area contributed by atoms with E-state index in [4.69, 9.17) is 4.74 Å². The number of Topliss-reactive ketones (excluding diaryl/α,β-unsaturated/α-hetero) is 1.